The van der Waals surface area contributed by atoms with Crippen LogP contribution in [0, 0.1) is 17.5 Å². The molecule has 2 aromatic heterocycles. The van der Waals surface area contributed by atoms with Gasteiger partial charge in [-0.05, 0) is 55.5 Å². The van der Waals surface area contributed by atoms with Gasteiger partial charge < -0.3 is 4.57 Å². The minimum atomic E-state index is -0.256. The van der Waals surface area contributed by atoms with Crippen molar-refractivity contribution in [2.75, 3.05) is 0 Å². The highest BCUT2D eigenvalue weighted by Gasteiger charge is 2.11. The topological polar surface area (TPSA) is 46.5 Å². The summed E-state index contributed by atoms with van der Waals surface area (Å²) in [6, 6.07) is 10.1. The zero-order chi connectivity index (χ0) is 15.0. The molecule has 0 spiro atoms. The first kappa shape index (κ1) is 13.6. The minimum Gasteiger partial charge on any atom is -0.303 e. The molecule has 1 aromatic carbocycles. The third-order valence-electron chi connectivity index (χ3n) is 3.35. The van der Waals surface area contributed by atoms with Crippen molar-refractivity contribution >= 4 is 12.2 Å². The zero-order valence-electron chi connectivity index (χ0n) is 11.6. The summed E-state index contributed by atoms with van der Waals surface area (Å²) in [6.07, 6.45) is 0. The van der Waals surface area contributed by atoms with Gasteiger partial charge in [0.15, 0.2) is 10.6 Å². The van der Waals surface area contributed by atoms with Crippen LogP contribution in [0.25, 0.3) is 22.6 Å². The first-order valence-corrected chi connectivity index (χ1v) is 6.82. The second-order valence-corrected chi connectivity index (χ2v) is 5.13. The normalized spacial score (nSPS) is 10.8. The number of benzene rings is 1. The van der Waals surface area contributed by atoms with Crippen LogP contribution in [-0.2, 0) is 7.05 Å². The fraction of sp³-hybridized carbons (Fsp3) is 0.133. The smallest absolute Gasteiger partial charge is 0.195 e. The summed E-state index contributed by atoms with van der Waals surface area (Å²) in [6.45, 7) is 1.92. The molecule has 1 N–H and O–H groups in total. The summed E-state index contributed by atoms with van der Waals surface area (Å²) in [5.41, 5.74) is 3.43. The van der Waals surface area contributed by atoms with E-state index >= 15 is 0 Å². The number of aromatic nitrogens is 4. The predicted molar refractivity (Wildman–Crippen MR) is 81.8 cm³/mol. The third-order valence-corrected chi connectivity index (χ3v) is 3.71. The summed E-state index contributed by atoms with van der Waals surface area (Å²) in [7, 11) is 1.86. The van der Waals surface area contributed by atoms with E-state index in [0.29, 0.717) is 4.77 Å². The largest absolute Gasteiger partial charge is 0.303 e. The number of rotatable bonds is 2. The molecular weight excluding hydrogens is 287 g/mol. The Morgan fingerprint density at radius 2 is 1.86 bits per heavy atom. The van der Waals surface area contributed by atoms with E-state index in [2.05, 4.69) is 15.2 Å². The Balaban J connectivity index is 2.06. The number of pyridine rings is 1. The van der Waals surface area contributed by atoms with Crippen molar-refractivity contribution in [1.82, 2.24) is 19.7 Å². The summed E-state index contributed by atoms with van der Waals surface area (Å²) in [5, 5.41) is 6.98. The molecule has 4 nitrogen and oxygen atoms in total. The molecule has 2 heterocycles. The third kappa shape index (κ3) is 2.50. The number of halogens is 1. The van der Waals surface area contributed by atoms with Crippen LogP contribution < -0.4 is 0 Å². The van der Waals surface area contributed by atoms with E-state index in [4.69, 9.17) is 12.2 Å². The standard InChI is InChI=1S/C15H13FN4S/c1-9-12(14-18-19-15(21)20(14)2)7-8-13(17-9)10-3-5-11(16)6-4-10/h3-8H,1-2H3,(H,19,21). The van der Waals surface area contributed by atoms with Gasteiger partial charge in [0, 0.05) is 23.9 Å². The van der Waals surface area contributed by atoms with Gasteiger partial charge in [0.05, 0.1) is 5.69 Å². The van der Waals surface area contributed by atoms with Crippen LogP contribution in [0.5, 0.6) is 0 Å². The lowest BCUT2D eigenvalue weighted by Gasteiger charge is -2.07. The van der Waals surface area contributed by atoms with Crippen LogP contribution >= 0.6 is 12.2 Å². The molecule has 21 heavy (non-hydrogen) atoms. The number of H-pyrrole nitrogens is 1. The van der Waals surface area contributed by atoms with E-state index in [1.165, 1.54) is 12.1 Å². The molecule has 0 radical (unpaired) electrons. The molecule has 0 bridgehead atoms. The molecule has 6 heteroatoms. The van der Waals surface area contributed by atoms with E-state index in [-0.39, 0.29) is 5.82 Å². The molecule has 106 valence electrons. The molecule has 0 atom stereocenters. The van der Waals surface area contributed by atoms with Crippen LogP contribution in [0.3, 0.4) is 0 Å². The van der Waals surface area contributed by atoms with Crippen molar-refractivity contribution in [3.05, 3.63) is 52.7 Å². The highest BCUT2D eigenvalue weighted by Crippen LogP contribution is 2.24. The van der Waals surface area contributed by atoms with Gasteiger partial charge in [0.1, 0.15) is 5.82 Å². The quantitative estimate of drug-likeness (QED) is 0.735. The Morgan fingerprint density at radius 3 is 2.43 bits per heavy atom. The lowest BCUT2D eigenvalue weighted by atomic mass is 10.1. The van der Waals surface area contributed by atoms with Crippen molar-refractivity contribution < 1.29 is 4.39 Å². The van der Waals surface area contributed by atoms with Gasteiger partial charge in [0.25, 0.3) is 0 Å². The number of aryl methyl sites for hydroxylation is 1. The maximum atomic E-state index is 13.0. The van der Waals surface area contributed by atoms with Crippen molar-refractivity contribution in [3.63, 3.8) is 0 Å². The Hall–Kier alpha value is -2.34. The van der Waals surface area contributed by atoms with E-state index in [1.54, 1.807) is 16.7 Å². The van der Waals surface area contributed by atoms with Crippen molar-refractivity contribution in [1.29, 1.82) is 0 Å². The second-order valence-electron chi connectivity index (χ2n) is 4.75. The first-order valence-electron chi connectivity index (χ1n) is 6.41. The van der Waals surface area contributed by atoms with Gasteiger partial charge in [-0.15, -0.1) is 0 Å². The average Bonchev–Trinajstić information content (AvgIpc) is 2.80. The van der Waals surface area contributed by atoms with E-state index in [1.807, 2.05) is 26.1 Å². The number of nitrogens with zero attached hydrogens (tertiary/aromatic N) is 3. The number of nitrogens with one attached hydrogen (secondary N) is 1. The zero-order valence-corrected chi connectivity index (χ0v) is 12.4. The highest BCUT2D eigenvalue weighted by molar-refractivity contribution is 7.71. The Bertz CT molecular complexity index is 849. The molecule has 0 aliphatic carbocycles. The number of aromatic amines is 1. The maximum Gasteiger partial charge on any atom is 0.195 e. The summed E-state index contributed by atoms with van der Waals surface area (Å²) in [4.78, 5) is 4.58. The van der Waals surface area contributed by atoms with E-state index < -0.39 is 0 Å². The highest BCUT2D eigenvalue weighted by atomic mass is 32.1. The number of hydrogen-bond donors (Lipinski definition) is 1. The van der Waals surface area contributed by atoms with E-state index in [9.17, 15) is 4.39 Å². The summed E-state index contributed by atoms with van der Waals surface area (Å²) >= 11 is 5.12. The molecule has 0 amide bonds. The molecule has 0 saturated carbocycles. The van der Waals surface area contributed by atoms with Crippen molar-refractivity contribution in [3.8, 4) is 22.6 Å². The lowest BCUT2D eigenvalue weighted by Crippen LogP contribution is -1.97. The maximum absolute atomic E-state index is 13.0. The van der Waals surface area contributed by atoms with Gasteiger partial charge in [-0.25, -0.2) is 4.39 Å². The van der Waals surface area contributed by atoms with Crippen LogP contribution in [0.2, 0.25) is 0 Å². The van der Waals surface area contributed by atoms with Crippen LogP contribution in [0.4, 0.5) is 4.39 Å². The molecule has 0 fully saturated rings. The van der Waals surface area contributed by atoms with Crippen LogP contribution in [0.15, 0.2) is 36.4 Å². The average molecular weight is 300 g/mol. The van der Waals surface area contributed by atoms with E-state index in [0.717, 1.165) is 28.3 Å². The Morgan fingerprint density at radius 1 is 1.14 bits per heavy atom. The summed E-state index contributed by atoms with van der Waals surface area (Å²) < 4.78 is 15.3. The van der Waals surface area contributed by atoms with Gasteiger partial charge >= 0.3 is 0 Å². The molecule has 0 aliphatic rings. The Kier molecular flexibility index (Phi) is 3.39. The second kappa shape index (κ2) is 5.21. The fourth-order valence-electron chi connectivity index (χ4n) is 2.17. The number of hydrogen-bond acceptors (Lipinski definition) is 3. The summed E-state index contributed by atoms with van der Waals surface area (Å²) in [5.74, 6) is 0.490. The molecule has 0 aliphatic heterocycles. The van der Waals surface area contributed by atoms with Gasteiger partial charge in [0.2, 0.25) is 0 Å². The molecular formula is C15H13FN4S. The van der Waals surface area contributed by atoms with Gasteiger partial charge in [-0.2, -0.15) is 5.10 Å². The monoisotopic (exact) mass is 300 g/mol. The van der Waals surface area contributed by atoms with Gasteiger partial charge in [-0.3, -0.25) is 10.1 Å². The van der Waals surface area contributed by atoms with Crippen LogP contribution in [-0.4, -0.2) is 19.7 Å². The van der Waals surface area contributed by atoms with Gasteiger partial charge in [-0.1, -0.05) is 0 Å². The van der Waals surface area contributed by atoms with Crippen molar-refractivity contribution in [2.45, 2.75) is 6.92 Å². The minimum absolute atomic E-state index is 0.256. The predicted octanol–water partition coefficient (Wildman–Crippen LogP) is 3.65. The fourth-order valence-corrected chi connectivity index (χ4v) is 2.30. The van der Waals surface area contributed by atoms with Crippen molar-refractivity contribution in [2.24, 2.45) is 7.05 Å². The molecule has 3 rings (SSSR count). The SMILES string of the molecule is Cc1nc(-c2ccc(F)cc2)ccc1-c1n[nH]c(=S)n1C. The molecule has 0 unspecified atom stereocenters. The first-order chi connectivity index (χ1) is 10.1. The Labute approximate surface area is 126 Å². The molecule has 0 saturated heterocycles. The molecule has 3 aromatic rings. The lowest BCUT2D eigenvalue weighted by molar-refractivity contribution is 0.628. The van der Waals surface area contributed by atoms with Crippen LogP contribution in [0.1, 0.15) is 5.69 Å².